The second kappa shape index (κ2) is 5.33. The number of aryl methyl sites for hydroxylation is 1. The Balaban J connectivity index is 2.30. The van der Waals surface area contributed by atoms with E-state index >= 15 is 0 Å². The molecule has 0 aliphatic carbocycles. The summed E-state index contributed by atoms with van der Waals surface area (Å²) in [6.07, 6.45) is 1.57. The van der Waals surface area contributed by atoms with Crippen LogP contribution in [0.1, 0.15) is 0 Å². The second-order valence-corrected chi connectivity index (χ2v) is 6.24. The lowest BCUT2D eigenvalue weighted by molar-refractivity contribution is 0.627. The van der Waals surface area contributed by atoms with Crippen molar-refractivity contribution in [2.45, 2.75) is 0 Å². The highest BCUT2D eigenvalue weighted by Gasteiger charge is 2.18. The van der Waals surface area contributed by atoms with Gasteiger partial charge in [0, 0.05) is 17.5 Å². The van der Waals surface area contributed by atoms with Gasteiger partial charge in [0.1, 0.15) is 10.8 Å². The summed E-state index contributed by atoms with van der Waals surface area (Å²) in [5, 5.41) is 1.11. The number of hydrogen-bond donors (Lipinski definition) is 0. The number of imidazole rings is 1. The highest BCUT2D eigenvalue weighted by molar-refractivity contribution is 6.33. The van der Waals surface area contributed by atoms with Crippen LogP contribution in [0.25, 0.3) is 27.6 Å². The van der Waals surface area contributed by atoms with Crippen LogP contribution in [-0.2, 0) is 7.05 Å². The summed E-state index contributed by atoms with van der Waals surface area (Å²) in [6.45, 7) is 0. The number of halogens is 3. The third-order valence-electron chi connectivity index (χ3n) is 3.97. The maximum atomic E-state index is 13.9. The van der Waals surface area contributed by atoms with Gasteiger partial charge in [0.15, 0.2) is 5.52 Å². The largest absolute Gasteiger partial charge is 0.333 e. The Labute approximate surface area is 145 Å². The van der Waals surface area contributed by atoms with E-state index in [0.29, 0.717) is 16.1 Å². The molecule has 0 aliphatic heterocycles. The minimum Gasteiger partial charge on any atom is -0.333 e. The van der Waals surface area contributed by atoms with E-state index in [1.165, 1.54) is 16.7 Å². The molecule has 2 aromatic carbocycles. The summed E-state index contributed by atoms with van der Waals surface area (Å²) < 4.78 is 17.0. The lowest BCUT2D eigenvalue weighted by Crippen LogP contribution is -2.20. The molecule has 4 rings (SSSR count). The Bertz CT molecular complexity index is 1180. The summed E-state index contributed by atoms with van der Waals surface area (Å²) in [6, 6.07) is 9.53. The summed E-state index contributed by atoms with van der Waals surface area (Å²) in [5.41, 5.74) is 1.38. The first-order valence-electron chi connectivity index (χ1n) is 7.08. The first-order valence-corrected chi connectivity index (χ1v) is 7.84. The van der Waals surface area contributed by atoms with Gasteiger partial charge in [-0.1, -0.05) is 29.3 Å². The number of rotatable bonds is 1. The van der Waals surface area contributed by atoms with Crippen molar-refractivity contribution in [2.75, 3.05) is 0 Å². The normalized spacial score (nSPS) is 11.5. The van der Waals surface area contributed by atoms with Crippen LogP contribution in [0, 0.1) is 5.82 Å². The fraction of sp³-hybridized carbons (Fsp3) is 0.0588. The van der Waals surface area contributed by atoms with Gasteiger partial charge < -0.3 is 4.57 Å². The van der Waals surface area contributed by atoms with Gasteiger partial charge in [-0.25, -0.2) is 9.37 Å². The minimum absolute atomic E-state index is 0.129. The lowest BCUT2D eigenvalue weighted by atomic mass is 10.1. The van der Waals surface area contributed by atoms with E-state index in [1.54, 1.807) is 29.1 Å². The Hall–Kier alpha value is -2.37. The molecule has 24 heavy (non-hydrogen) atoms. The van der Waals surface area contributed by atoms with Gasteiger partial charge >= 0.3 is 0 Å². The first-order chi connectivity index (χ1) is 11.5. The van der Waals surface area contributed by atoms with Gasteiger partial charge in [-0.05, 0) is 30.3 Å². The molecule has 0 saturated heterocycles. The number of aromatic nitrogens is 3. The van der Waals surface area contributed by atoms with Crippen LogP contribution in [-0.4, -0.2) is 14.1 Å². The molecule has 120 valence electrons. The fourth-order valence-electron chi connectivity index (χ4n) is 2.91. The maximum Gasteiger partial charge on any atom is 0.283 e. The number of pyridine rings is 1. The highest BCUT2D eigenvalue weighted by atomic mass is 35.5. The Morgan fingerprint density at radius 3 is 2.75 bits per heavy atom. The van der Waals surface area contributed by atoms with Gasteiger partial charge in [0.25, 0.3) is 5.56 Å². The molecule has 0 radical (unpaired) electrons. The van der Waals surface area contributed by atoms with Gasteiger partial charge in [-0.15, -0.1) is 0 Å². The van der Waals surface area contributed by atoms with Gasteiger partial charge in [-0.3, -0.25) is 9.36 Å². The molecule has 0 amide bonds. The molecule has 0 aliphatic rings. The van der Waals surface area contributed by atoms with Crippen molar-refractivity contribution in [3.05, 3.63) is 68.9 Å². The zero-order valence-corrected chi connectivity index (χ0v) is 13.9. The summed E-state index contributed by atoms with van der Waals surface area (Å²) in [7, 11) is 1.81. The molecular formula is C17H10Cl2FN3O. The molecular weight excluding hydrogens is 352 g/mol. The van der Waals surface area contributed by atoms with Crippen LogP contribution in [0.15, 0.2) is 47.5 Å². The number of hydrogen-bond acceptors (Lipinski definition) is 2. The smallest absolute Gasteiger partial charge is 0.283 e. The molecule has 0 unspecified atom stereocenters. The number of nitrogens with zero attached hydrogens (tertiary/aromatic N) is 3. The van der Waals surface area contributed by atoms with Crippen LogP contribution < -0.4 is 5.56 Å². The highest BCUT2D eigenvalue weighted by Crippen LogP contribution is 2.30. The maximum absolute atomic E-state index is 13.9. The first kappa shape index (κ1) is 15.2. The predicted octanol–water partition coefficient (Wildman–Crippen LogP) is 4.32. The van der Waals surface area contributed by atoms with Crippen molar-refractivity contribution < 1.29 is 4.39 Å². The van der Waals surface area contributed by atoms with Crippen LogP contribution in [0.5, 0.6) is 0 Å². The van der Waals surface area contributed by atoms with Crippen molar-refractivity contribution in [1.82, 2.24) is 14.1 Å². The molecule has 0 atom stereocenters. The second-order valence-electron chi connectivity index (χ2n) is 5.43. The molecule has 7 heteroatoms. The van der Waals surface area contributed by atoms with Crippen molar-refractivity contribution in [2.24, 2.45) is 7.05 Å². The van der Waals surface area contributed by atoms with Gasteiger partial charge in [0.2, 0.25) is 0 Å². The van der Waals surface area contributed by atoms with E-state index in [0.717, 1.165) is 5.39 Å². The number of fused-ring (bicyclic) bond motifs is 3. The Morgan fingerprint density at radius 1 is 1.17 bits per heavy atom. The quantitative estimate of drug-likeness (QED) is 0.506. The fourth-order valence-corrected chi connectivity index (χ4v) is 3.29. The zero-order chi connectivity index (χ0) is 17.0. The summed E-state index contributed by atoms with van der Waals surface area (Å²) in [4.78, 5) is 17.2. The van der Waals surface area contributed by atoms with E-state index in [4.69, 9.17) is 23.2 Å². The van der Waals surface area contributed by atoms with Crippen LogP contribution >= 0.6 is 23.2 Å². The van der Waals surface area contributed by atoms with E-state index in [2.05, 4.69) is 4.98 Å². The molecule has 0 bridgehead atoms. The van der Waals surface area contributed by atoms with Crippen molar-refractivity contribution in [1.29, 1.82) is 0 Å². The zero-order valence-electron chi connectivity index (χ0n) is 12.4. The van der Waals surface area contributed by atoms with Crippen LogP contribution in [0.2, 0.25) is 10.0 Å². The molecule has 2 heterocycles. The third kappa shape index (κ3) is 2.05. The van der Waals surface area contributed by atoms with Crippen molar-refractivity contribution in [3.8, 4) is 5.69 Å². The molecule has 0 N–H and O–H groups in total. The summed E-state index contributed by atoms with van der Waals surface area (Å²) >= 11 is 12.2. The van der Waals surface area contributed by atoms with E-state index < -0.39 is 5.82 Å². The average molecular weight is 362 g/mol. The molecule has 0 spiro atoms. The Morgan fingerprint density at radius 2 is 1.96 bits per heavy atom. The predicted molar refractivity (Wildman–Crippen MR) is 93.8 cm³/mol. The topological polar surface area (TPSA) is 39.8 Å². The SMILES string of the molecule is Cn1cnc2c(=O)n(-c3cccc(F)c3Cl)c3cc(Cl)ccc3c21. The van der Waals surface area contributed by atoms with E-state index in [-0.39, 0.29) is 21.8 Å². The standard InChI is InChI=1S/C17H10Cl2FN3O/c1-22-8-21-15-16(22)10-6-5-9(18)7-13(10)23(17(15)24)12-4-2-3-11(20)14(12)19/h2-8H,1H3. The Kier molecular flexibility index (Phi) is 3.37. The average Bonchev–Trinajstić information content (AvgIpc) is 2.94. The molecule has 4 aromatic rings. The third-order valence-corrected chi connectivity index (χ3v) is 4.58. The molecule has 4 nitrogen and oxygen atoms in total. The van der Waals surface area contributed by atoms with Gasteiger partial charge in [0.05, 0.1) is 23.0 Å². The number of benzene rings is 2. The van der Waals surface area contributed by atoms with Crippen LogP contribution in [0.3, 0.4) is 0 Å². The minimum atomic E-state index is -0.600. The van der Waals surface area contributed by atoms with Crippen LogP contribution in [0.4, 0.5) is 4.39 Å². The van der Waals surface area contributed by atoms with Crippen molar-refractivity contribution in [3.63, 3.8) is 0 Å². The van der Waals surface area contributed by atoms with Gasteiger partial charge in [-0.2, -0.15) is 0 Å². The monoisotopic (exact) mass is 361 g/mol. The van der Waals surface area contributed by atoms with Crippen molar-refractivity contribution >= 4 is 45.1 Å². The summed E-state index contributed by atoms with van der Waals surface area (Å²) in [5.74, 6) is -0.600. The van der Waals surface area contributed by atoms with E-state index in [9.17, 15) is 9.18 Å². The molecule has 2 aromatic heterocycles. The molecule has 0 saturated carbocycles. The van der Waals surface area contributed by atoms with E-state index in [1.807, 2.05) is 13.1 Å². The molecule has 0 fully saturated rings. The lowest BCUT2D eigenvalue weighted by Gasteiger charge is -2.14.